The fourth-order valence-electron chi connectivity index (χ4n) is 3.03. The average molecular weight is 407 g/mol. The van der Waals surface area contributed by atoms with Crippen molar-refractivity contribution in [1.82, 2.24) is 9.46 Å². The van der Waals surface area contributed by atoms with Gasteiger partial charge in [-0.3, -0.25) is 0 Å². The Bertz CT molecular complexity index is 919. The number of anilines is 1. The Morgan fingerprint density at radius 1 is 1.22 bits per heavy atom. The van der Waals surface area contributed by atoms with Crippen LogP contribution in [0.15, 0.2) is 33.7 Å². The van der Waals surface area contributed by atoms with Gasteiger partial charge in [0, 0.05) is 32.1 Å². The molecule has 148 valence electrons. The fraction of sp³-hybridized carbons (Fsp3) is 0.438. The van der Waals surface area contributed by atoms with Gasteiger partial charge < -0.3 is 9.84 Å². The number of benzene rings is 1. The highest BCUT2D eigenvalue weighted by molar-refractivity contribution is 7.89. The first-order chi connectivity index (χ1) is 12.6. The molecule has 1 aliphatic heterocycles. The van der Waals surface area contributed by atoms with E-state index in [4.69, 9.17) is 4.52 Å². The standard InChI is InChI=1S/C16H17F4N3O3S/c1-21-15-9-14(22-26-15)10-4-6-23(7-5-10)27(24,25)11-2-3-12(13(17)8-11)16(18,19)20/h2-3,8-10,21H,4-7H2,1H3. The molecule has 0 bridgehead atoms. The Morgan fingerprint density at radius 3 is 2.41 bits per heavy atom. The number of sulfonamides is 1. The van der Waals surface area contributed by atoms with Crippen LogP contribution in [0.1, 0.15) is 30.0 Å². The van der Waals surface area contributed by atoms with Gasteiger partial charge in [0.2, 0.25) is 15.9 Å². The third-order valence-electron chi connectivity index (χ3n) is 4.53. The second-order valence-electron chi connectivity index (χ2n) is 6.18. The van der Waals surface area contributed by atoms with Crippen LogP contribution in [0.5, 0.6) is 0 Å². The number of hydrogen-bond donors (Lipinski definition) is 1. The summed E-state index contributed by atoms with van der Waals surface area (Å²) in [7, 11) is -2.40. The summed E-state index contributed by atoms with van der Waals surface area (Å²) < 4.78 is 83.1. The number of nitrogens with zero attached hydrogens (tertiary/aromatic N) is 2. The third-order valence-corrected chi connectivity index (χ3v) is 6.43. The number of alkyl halides is 3. The summed E-state index contributed by atoms with van der Waals surface area (Å²) in [4.78, 5) is -0.495. The maximum Gasteiger partial charge on any atom is 0.419 e. The molecule has 1 N–H and O–H groups in total. The van der Waals surface area contributed by atoms with Gasteiger partial charge in [-0.1, -0.05) is 5.16 Å². The lowest BCUT2D eigenvalue weighted by molar-refractivity contribution is -0.140. The van der Waals surface area contributed by atoms with Crippen molar-refractivity contribution in [2.24, 2.45) is 0 Å². The van der Waals surface area contributed by atoms with Crippen LogP contribution in [-0.4, -0.2) is 38.0 Å². The van der Waals surface area contributed by atoms with E-state index < -0.39 is 32.5 Å². The van der Waals surface area contributed by atoms with Crippen molar-refractivity contribution in [2.45, 2.75) is 29.8 Å². The van der Waals surface area contributed by atoms with E-state index in [2.05, 4.69) is 10.5 Å². The summed E-state index contributed by atoms with van der Waals surface area (Å²) in [5.41, 5.74) is -0.788. The van der Waals surface area contributed by atoms with Crippen molar-refractivity contribution in [1.29, 1.82) is 0 Å². The Kier molecular flexibility index (Phi) is 5.17. The van der Waals surface area contributed by atoms with Crippen molar-refractivity contribution in [3.63, 3.8) is 0 Å². The monoisotopic (exact) mass is 407 g/mol. The first-order valence-electron chi connectivity index (χ1n) is 8.14. The summed E-state index contributed by atoms with van der Waals surface area (Å²) in [6, 6.07) is 3.38. The first kappa shape index (κ1) is 19.6. The molecule has 2 heterocycles. The van der Waals surface area contributed by atoms with Crippen molar-refractivity contribution in [3.05, 3.63) is 41.3 Å². The molecule has 3 rings (SSSR count). The van der Waals surface area contributed by atoms with Gasteiger partial charge in [-0.25, -0.2) is 12.8 Å². The molecule has 1 aliphatic rings. The number of piperidine rings is 1. The molecule has 1 fully saturated rings. The largest absolute Gasteiger partial charge is 0.419 e. The van der Waals surface area contributed by atoms with Crippen LogP contribution in [0, 0.1) is 5.82 Å². The molecule has 0 aliphatic carbocycles. The molecule has 0 spiro atoms. The third kappa shape index (κ3) is 3.93. The molecule has 6 nitrogen and oxygen atoms in total. The Balaban J connectivity index is 1.74. The van der Waals surface area contributed by atoms with E-state index in [9.17, 15) is 26.0 Å². The van der Waals surface area contributed by atoms with Crippen LogP contribution in [0.3, 0.4) is 0 Å². The molecule has 0 radical (unpaired) electrons. The van der Waals surface area contributed by atoms with Crippen LogP contribution in [0.2, 0.25) is 0 Å². The SMILES string of the molecule is CNc1cc(C2CCN(S(=O)(=O)c3ccc(C(F)(F)F)c(F)c3)CC2)no1. The number of aromatic nitrogens is 1. The van der Waals surface area contributed by atoms with Crippen LogP contribution >= 0.6 is 0 Å². The fourth-order valence-corrected chi connectivity index (χ4v) is 4.51. The van der Waals surface area contributed by atoms with E-state index in [1.54, 1.807) is 13.1 Å². The minimum Gasteiger partial charge on any atom is -0.357 e. The average Bonchev–Trinajstić information content (AvgIpc) is 3.10. The second kappa shape index (κ2) is 7.12. The zero-order valence-electron chi connectivity index (χ0n) is 14.3. The zero-order valence-corrected chi connectivity index (χ0v) is 15.1. The lowest BCUT2D eigenvalue weighted by atomic mass is 9.95. The van der Waals surface area contributed by atoms with Gasteiger partial charge in [-0.15, -0.1) is 0 Å². The highest BCUT2D eigenvalue weighted by atomic mass is 32.2. The molecule has 0 atom stereocenters. The molecular weight excluding hydrogens is 390 g/mol. The molecule has 27 heavy (non-hydrogen) atoms. The normalized spacial score (nSPS) is 17.2. The van der Waals surface area contributed by atoms with Gasteiger partial charge in [0.1, 0.15) is 5.82 Å². The summed E-state index contributed by atoms with van der Waals surface area (Å²) in [5.74, 6) is -1.10. The summed E-state index contributed by atoms with van der Waals surface area (Å²) in [5, 5.41) is 6.75. The van der Waals surface area contributed by atoms with Crippen molar-refractivity contribution in [2.75, 3.05) is 25.5 Å². The molecule has 2 aromatic rings. The molecule has 1 aromatic heterocycles. The molecule has 11 heteroatoms. The van der Waals surface area contributed by atoms with Crippen LogP contribution in [-0.2, 0) is 16.2 Å². The highest BCUT2D eigenvalue weighted by Crippen LogP contribution is 2.34. The topological polar surface area (TPSA) is 75.4 Å². The summed E-state index contributed by atoms with van der Waals surface area (Å²) >= 11 is 0. The van der Waals surface area contributed by atoms with Gasteiger partial charge in [-0.2, -0.15) is 17.5 Å². The highest BCUT2D eigenvalue weighted by Gasteiger charge is 2.36. The molecule has 0 amide bonds. The number of halogens is 4. The lowest BCUT2D eigenvalue weighted by Crippen LogP contribution is -2.38. The second-order valence-corrected chi connectivity index (χ2v) is 8.12. The predicted molar refractivity (Wildman–Crippen MR) is 88.2 cm³/mol. The van der Waals surface area contributed by atoms with E-state index in [1.165, 1.54) is 0 Å². The lowest BCUT2D eigenvalue weighted by Gasteiger charge is -2.30. The van der Waals surface area contributed by atoms with Crippen molar-refractivity contribution >= 4 is 15.9 Å². The summed E-state index contributed by atoms with van der Waals surface area (Å²) in [6.07, 6.45) is -3.94. The number of hydrogen-bond acceptors (Lipinski definition) is 5. The molecule has 0 unspecified atom stereocenters. The van der Waals surface area contributed by atoms with Gasteiger partial charge in [0.15, 0.2) is 0 Å². The van der Waals surface area contributed by atoms with E-state index in [0.29, 0.717) is 36.6 Å². The van der Waals surface area contributed by atoms with Gasteiger partial charge >= 0.3 is 6.18 Å². The van der Waals surface area contributed by atoms with Gasteiger partial charge in [0.25, 0.3) is 0 Å². The summed E-state index contributed by atoms with van der Waals surface area (Å²) in [6.45, 7) is 0.300. The first-order valence-corrected chi connectivity index (χ1v) is 9.58. The Morgan fingerprint density at radius 2 is 1.89 bits per heavy atom. The van der Waals surface area contributed by atoms with Gasteiger partial charge in [-0.05, 0) is 31.0 Å². The van der Waals surface area contributed by atoms with Crippen LogP contribution < -0.4 is 5.32 Å². The molecule has 1 saturated heterocycles. The van der Waals surface area contributed by atoms with Crippen molar-refractivity contribution < 1.29 is 30.5 Å². The molecule has 0 saturated carbocycles. The zero-order chi connectivity index (χ0) is 19.8. The molecule has 1 aromatic carbocycles. The Labute approximate surface area is 153 Å². The maximum atomic E-state index is 13.7. The van der Waals surface area contributed by atoms with Crippen LogP contribution in [0.4, 0.5) is 23.4 Å². The Hall–Kier alpha value is -2.14. The van der Waals surface area contributed by atoms with Gasteiger partial charge in [0.05, 0.1) is 16.2 Å². The smallest absolute Gasteiger partial charge is 0.357 e. The minimum absolute atomic E-state index is 0.00615. The predicted octanol–water partition coefficient (Wildman–Crippen LogP) is 3.44. The van der Waals surface area contributed by atoms with E-state index in [0.717, 1.165) is 10.4 Å². The minimum atomic E-state index is -4.88. The van der Waals surface area contributed by atoms with Crippen LogP contribution in [0.25, 0.3) is 0 Å². The van der Waals surface area contributed by atoms with Crippen molar-refractivity contribution in [3.8, 4) is 0 Å². The maximum absolute atomic E-state index is 13.7. The number of rotatable bonds is 4. The van der Waals surface area contributed by atoms with E-state index in [-0.39, 0.29) is 19.0 Å². The van der Waals surface area contributed by atoms with E-state index in [1.807, 2.05) is 0 Å². The quantitative estimate of drug-likeness (QED) is 0.786. The van der Waals surface area contributed by atoms with E-state index >= 15 is 0 Å². The number of nitrogens with one attached hydrogen (secondary N) is 1. The molecular formula is C16H17F4N3O3S.